The minimum Gasteiger partial charge on any atom is -0.455 e. The lowest BCUT2D eigenvalue weighted by molar-refractivity contribution is -0.149. The summed E-state index contributed by atoms with van der Waals surface area (Å²) in [7, 11) is 0. The highest BCUT2D eigenvalue weighted by Gasteiger charge is 2.41. The molecule has 3 aromatic carbocycles. The van der Waals surface area contributed by atoms with Crippen LogP contribution >= 0.6 is 11.6 Å². The first-order chi connectivity index (χ1) is 30.8. The number of carbonyl (C=O) groups is 6. The molecule has 3 N–H and O–H groups in total. The van der Waals surface area contributed by atoms with Crippen molar-refractivity contribution in [2.45, 2.75) is 71.3 Å². The Bertz CT molecular complexity index is 2620. The molecular weight excluding hydrogens is 864 g/mol. The van der Waals surface area contributed by atoms with Gasteiger partial charge < -0.3 is 44.7 Å². The van der Waals surface area contributed by atoms with Crippen molar-refractivity contribution < 1.29 is 48.1 Å². The third-order valence-corrected chi connectivity index (χ3v) is 10.5. The molecule has 2 aliphatic rings. The average Bonchev–Trinajstić information content (AvgIpc) is 3.92. The van der Waals surface area contributed by atoms with Crippen LogP contribution in [0.4, 0.5) is 26.7 Å². The van der Waals surface area contributed by atoms with Gasteiger partial charge in [-0.3, -0.25) is 14.4 Å². The number of hydrogen-bond donors (Lipinski definition) is 3. The van der Waals surface area contributed by atoms with Gasteiger partial charge in [-0.05, 0) is 112 Å². The first kappa shape index (κ1) is 46.1. The molecule has 5 aromatic rings. The zero-order chi connectivity index (χ0) is 46.8. The summed E-state index contributed by atoms with van der Waals surface area (Å²) in [4.78, 5) is 86.7. The van der Waals surface area contributed by atoms with E-state index in [2.05, 4.69) is 26.2 Å². The maximum Gasteiger partial charge on any atom is 0.419 e. The number of rotatable bonds is 10. The van der Waals surface area contributed by atoms with Crippen molar-refractivity contribution >= 4 is 75.4 Å². The number of nitrogens with zero attached hydrogens (tertiary/aromatic N) is 8. The predicted molar refractivity (Wildman–Crippen MR) is 237 cm³/mol. The number of aliphatic hydroxyl groups is 1. The molecule has 0 spiro atoms. The third-order valence-electron chi connectivity index (χ3n) is 10.3. The largest absolute Gasteiger partial charge is 0.455 e. The number of tetrazole rings is 1. The molecule has 20 nitrogen and oxygen atoms in total. The van der Waals surface area contributed by atoms with Crippen LogP contribution in [0.25, 0.3) is 16.6 Å². The van der Waals surface area contributed by atoms with Crippen molar-refractivity contribution in [2.75, 3.05) is 54.9 Å². The summed E-state index contributed by atoms with van der Waals surface area (Å²) in [6.07, 6.45) is -0.000338. The molecule has 5 amide bonds. The minimum absolute atomic E-state index is 0.0228. The van der Waals surface area contributed by atoms with Crippen LogP contribution in [0.1, 0.15) is 57.6 Å². The van der Waals surface area contributed by atoms with E-state index in [0.717, 1.165) is 4.57 Å². The summed E-state index contributed by atoms with van der Waals surface area (Å²) < 4.78 is 19.2. The second-order valence-electron chi connectivity index (χ2n) is 17.4. The number of aliphatic hydroxyl groups excluding tert-OH is 1. The Hall–Kier alpha value is -6.90. The summed E-state index contributed by atoms with van der Waals surface area (Å²) in [5, 5.41) is 27.2. The average molecular weight is 913 g/mol. The van der Waals surface area contributed by atoms with E-state index in [1.165, 1.54) is 43.9 Å². The standard InChI is InChI=1S/C44H49ClN10O10/c1-43(2,3)64-40(60)36-21-27-20-30(12-14-32(27)55(36)42(62)65-44(4,5)6)47-37(57)35(19-26-7-10-29(11-8-26)48-41(61)51-17-18-63-31(23-51)24-56)53-16-15-52(38(58)39(53)59)34-22-28(45)9-13-33(34)54-25-46-49-50-54/h7-14,20-22,25,31,35,56H,15-19,23-24H2,1-6H3,(H,47,57)(H,48,61)/t31-,35?/m0/s1. The van der Waals surface area contributed by atoms with Crippen molar-refractivity contribution in [2.24, 2.45) is 0 Å². The molecule has 0 radical (unpaired) electrons. The topological polar surface area (TPSA) is 233 Å². The van der Waals surface area contributed by atoms with Gasteiger partial charge in [-0.2, -0.15) is 4.68 Å². The highest BCUT2D eigenvalue weighted by molar-refractivity contribution is 6.41. The van der Waals surface area contributed by atoms with E-state index < -0.39 is 53.1 Å². The van der Waals surface area contributed by atoms with Gasteiger partial charge in [0.15, 0.2) is 0 Å². The van der Waals surface area contributed by atoms with Crippen molar-refractivity contribution in [1.82, 2.24) is 34.6 Å². The lowest BCUT2D eigenvalue weighted by Gasteiger charge is -2.38. The molecule has 2 fully saturated rings. The first-order valence-electron chi connectivity index (χ1n) is 20.7. The van der Waals surface area contributed by atoms with Gasteiger partial charge in [0.1, 0.15) is 29.3 Å². The molecule has 2 saturated heterocycles. The SMILES string of the molecule is CC(C)(C)OC(=O)c1cc2cc(NC(=O)C(Cc3ccc(NC(=O)N4CCO[C@H](CO)C4)cc3)N3CCN(c4cc(Cl)ccc4-n4cnnn4)C(=O)C3=O)ccc2n1C(=O)OC(C)(C)C. The van der Waals surface area contributed by atoms with Gasteiger partial charge in [0.2, 0.25) is 5.91 Å². The van der Waals surface area contributed by atoms with Crippen molar-refractivity contribution in [3.8, 4) is 5.69 Å². The zero-order valence-corrected chi connectivity index (χ0v) is 37.4. The van der Waals surface area contributed by atoms with E-state index >= 15 is 0 Å². The fourth-order valence-electron chi connectivity index (χ4n) is 7.37. The number of amides is 5. The molecule has 4 heterocycles. The van der Waals surface area contributed by atoms with Crippen molar-refractivity contribution in [3.05, 3.63) is 89.3 Å². The number of carbonyl (C=O) groups excluding carboxylic acids is 6. The number of urea groups is 1. The van der Waals surface area contributed by atoms with Gasteiger partial charge in [-0.1, -0.05) is 23.7 Å². The number of aromatic nitrogens is 5. The molecular formula is C44H49ClN10O10. The molecule has 0 aliphatic carbocycles. The summed E-state index contributed by atoms with van der Waals surface area (Å²) in [6.45, 7) is 10.7. The van der Waals surface area contributed by atoms with E-state index in [1.807, 2.05) is 0 Å². The number of halogens is 1. The van der Waals surface area contributed by atoms with Gasteiger partial charge in [-0.25, -0.2) is 19.0 Å². The van der Waals surface area contributed by atoms with E-state index in [4.69, 9.17) is 25.8 Å². The molecule has 0 saturated carbocycles. The van der Waals surface area contributed by atoms with Crippen LogP contribution in [0.2, 0.25) is 5.02 Å². The fraction of sp³-hybridized carbons (Fsp3) is 0.386. The second-order valence-corrected chi connectivity index (χ2v) is 17.9. The molecule has 21 heteroatoms. The normalized spacial score (nSPS) is 16.4. The molecule has 342 valence electrons. The van der Waals surface area contributed by atoms with E-state index in [-0.39, 0.29) is 62.4 Å². The number of ether oxygens (including phenoxy) is 3. The maximum absolute atomic E-state index is 14.5. The van der Waals surface area contributed by atoms with E-state index in [0.29, 0.717) is 39.4 Å². The van der Waals surface area contributed by atoms with Gasteiger partial charge in [-0.15, -0.1) is 5.10 Å². The molecule has 7 rings (SSSR count). The summed E-state index contributed by atoms with van der Waals surface area (Å²) in [6, 6.07) is 15.9. The number of anilines is 3. The van der Waals surface area contributed by atoms with Crippen LogP contribution < -0.4 is 15.5 Å². The summed E-state index contributed by atoms with van der Waals surface area (Å²) in [5.74, 6) is -3.29. The van der Waals surface area contributed by atoms with Gasteiger partial charge in [0.25, 0.3) is 0 Å². The zero-order valence-electron chi connectivity index (χ0n) is 36.6. The van der Waals surface area contributed by atoms with Crippen LogP contribution in [-0.4, -0.2) is 138 Å². The Morgan fingerprint density at radius 1 is 0.862 bits per heavy atom. The van der Waals surface area contributed by atoms with E-state index in [1.54, 1.807) is 90.1 Å². The van der Waals surface area contributed by atoms with Crippen LogP contribution in [0.15, 0.2) is 73.1 Å². The van der Waals surface area contributed by atoms with Gasteiger partial charge >= 0.3 is 29.9 Å². The number of benzene rings is 3. The number of esters is 1. The number of morpholine rings is 1. The number of hydrogen-bond acceptors (Lipinski definition) is 13. The van der Waals surface area contributed by atoms with Crippen LogP contribution in [0.5, 0.6) is 0 Å². The van der Waals surface area contributed by atoms with Crippen LogP contribution in [0.3, 0.4) is 0 Å². The van der Waals surface area contributed by atoms with E-state index in [9.17, 15) is 33.9 Å². The van der Waals surface area contributed by atoms with Gasteiger partial charge in [0, 0.05) is 47.8 Å². The van der Waals surface area contributed by atoms with Crippen molar-refractivity contribution in [3.63, 3.8) is 0 Å². The smallest absolute Gasteiger partial charge is 0.419 e. The number of nitrogens with one attached hydrogen (secondary N) is 2. The van der Waals surface area contributed by atoms with Gasteiger partial charge in [0.05, 0.1) is 42.8 Å². The fourth-order valence-corrected chi connectivity index (χ4v) is 7.53. The number of piperazine rings is 1. The second kappa shape index (κ2) is 18.7. The number of fused-ring (bicyclic) bond motifs is 1. The monoisotopic (exact) mass is 912 g/mol. The molecule has 0 bridgehead atoms. The molecule has 1 unspecified atom stereocenters. The van der Waals surface area contributed by atoms with Crippen LogP contribution in [0, 0.1) is 0 Å². The first-order valence-corrected chi connectivity index (χ1v) is 21.1. The summed E-state index contributed by atoms with van der Waals surface area (Å²) in [5.41, 5.74) is 0.445. The third kappa shape index (κ3) is 10.7. The highest BCUT2D eigenvalue weighted by atomic mass is 35.5. The maximum atomic E-state index is 14.5. The predicted octanol–water partition coefficient (Wildman–Crippen LogP) is 4.66. The lowest BCUT2D eigenvalue weighted by atomic mass is 10.0. The molecule has 2 atom stereocenters. The Morgan fingerprint density at radius 3 is 2.26 bits per heavy atom. The Morgan fingerprint density at radius 2 is 1.58 bits per heavy atom. The molecule has 2 aromatic heterocycles. The Labute approximate surface area is 378 Å². The highest BCUT2D eigenvalue weighted by Crippen LogP contribution is 2.31. The Balaban J connectivity index is 1.18. The minimum atomic E-state index is -1.24. The quantitative estimate of drug-likeness (QED) is 0.128. The molecule has 2 aliphatic heterocycles. The lowest BCUT2D eigenvalue weighted by Crippen LogP contribution is -2.60. The molecule has 65 heavy (non-hydrogen) atoms. The van der Waals surface area contributed by atoms with Crippen molar-refractivity contribution in [1.29, 1.82) is 0 Å². The Kier molecular flexibility index (Phi) is 13.2. The van der Waals surface area contributed by atoms with Crippen LogP contribution in [-0.2, 0) is 35.0 Å². The summed E-state index contributed by atoms with van der Waals surface area (Å²) >= 11 is 6.35.